The van der Waals surface area contributed by atoms with E-state index in [1.54, 1.807) is 12.1 Å². The lowest BCUT2D eigenvalue weighted by Gasteiger charge is -2.12. The Hall–Kier alpha value is -2.10. The van der Waals surface area contributed by atoms with Crippen LogP contribution in [-0.2, 0) is 4.79 Å². The first kappa shape index (κ1) is 14.3. The predicted molar refractivity (Wildman–Crippen MR) is 77.5 cm³/mol. The van der Waals surface area contributed by atoms with Crippen LogP contribution in [0.25, 0.3) is 6.08 Å². The van der Waals surface area contributed by atoms with Gasteiger partial charge in [-0.15, -0.1) is 0 Å². The van der Waals surface area contributed by atoms with Gasteiger partial charge in [0, 0.05) is 18.2 Å². The van der Waals surface area contributed by atoms with E-state index >= 15 is 0 Å². The molecule has 0 heterocycles. The molecule has 0 aliphatic heterocycles. The van der Waals surface area contributed by atoms with Crippen LogP contribution < -0.4 is 5.32 Å². The summed E-state index contributed by atoms with van der Waals surface area (Å²) in [7, 11) is 0. The molecule has 1 amide bonds. The van der Waals surface area contributed by atoms with Crippen LogP contribution in [0.4, 0.5) is 0 Å². The van der Waals surface area contributed by atoms with Crippen LogP contribution in [0.3, 0.4) is 0 Å². The van der Waals surface area contributed by atoms with E-state index in [1.165, 1.54) is 6.08 Å². The lowest BCUT2D eigenvalue weighted by molar-refractivity contribution is -0.131. The van der Waals surface area contributed by atoms with Gasteiger partial charge in [0.25, 0.3) is 5.91 Å². The second-order valence-electron chi connectivity index (χ2n) is 5.74. The van der Waals surface area contributed by atoms with E-state index in [4.69, 9.17) is 5.11 Å². The van der Waals surface area contributed by atoms with E-state index < -0.39 is 5.97 Å². The molecule has 0 aromatic heterocycles. The van der Waals surface area contributed by atoms with E-state index in [1.807, 2.05) is 13.0 Å². The van der Waals surface area contributed by atoms with E-state index in [-0.39, 0.29) is 11.3 Å². The van der Waals surface area contributed by atoms with Gasteiger partial charge in [-0.2, -0.15) is 0 Å². The van der Waals surface area contributed by atoms with Crippen molar-refractivity contribution in [3.8, 4) is 0 Å². The molecule has 20 heavy (non-hydrogen) atoms. The van der Waals surface area contributed by atoms with Gasteiger partial charge in [0.1, 0.15) is 0 Å². The summed E-state index contributed by atoms with van der Waals surface area (Å²) in [5.74, 6) is -1.10. The smallest absolute Gasteiger partial charge is 0.328 e. The van der Waals surface area contributed by atoms with Crippen LogP contribution in [0.2, 0.25) is 0 Å². The molecular formula is C16H19NO3. The molecule has 4 heteroatoms. The predicted octanol–water partition coefficient (Wildman–Crippen LogP) is 2.62. The number of aliphatic carboxylic acids is 1. The first-order valence-electron chi connectivity index (χ1n) is 6.69. The molecular weight excluding hydrogens is 254 g/mol. The number of nitrogens with one attached hydrogen (secondary N) is 1. The van der Waals surface area contributed by atoms with Crippen LogP contribution in [-0.4, -0.2) is 23.5 Å². The molecule has 0 saturated heterocycles. The molecule has 1 aromatic carbocycles. The van der Waals surface area contributed by atoms with E-state index in [0.717, 1.165) is 24.5 Å². The number of hydrogen-bond acceptors (Lipinski definition) is 2. The van der Waals surface area contributed by atoms with Crippen molar-refractivity contribution in [1.82, 2.24) is 5.32 Å². The summed E-state index contributed by atoms with van der Waals surface area (Å²) < 4.78 is 0. The number of carboxylic acid groups (broad SMARTS) is 1. The van der Waals surface area contributed by atoms with Gasteiger partial charge in [0.15, 0.2) is 0 Å². The van der Waals surface area contributed by atoms with Gasteiger partial charge >= 0.3 is 5.97 Å². The highest BCUT2D eigenvalue weighted by Crippen LogP contribution is 2.44. The number of rotatable bonds is 5. The van der Waals surface area contributed by atoms with Crippen molar-refractivity contribution in [2.24, 2.45) is 5.41 Å². The Morgan fingerprint density at radius 1 is 1.40 bits per heavy atom. The van der Waals surface area contributed by atoms with Crippen LogP contribution >= 0.6 is 0 Å². The summed E-state index contributed by atoms with van der Waals surface area (Å²) in [6, 6.07) is 5.35. The van der Waals surface area contributed by atoms with Gasteiger partial charge in [-0.1, -0.05) is 19.1 Å². The number of amides is 1. The summed E-state index contributed by atoms with van der Waals surface area (Å²) in [6.07, 6.45) is 4.87. The average molecular weight is 273 g/mol. The summed E-state index contributed by atoms with van der Waals surface area (Å²) in [5, 5.41) is 11.6. The zero-order chi connectivity index (χ0) is 14.8. The van der Waals surface area contributed by atoms with Crippen LogP contribution in [0, 0.1) is 12.3 Å². The quantitative estimate of drug-likeness (QED) is 0.810. The maximum atomic E-state index is 12.2. The third-order valence-corrected chi connectivity index (χ3v) is 3.70. The molecule has 106 valence electrons. The van der Waals surface area contributed by atoms with Crippen molar-refractivity contribution in [3.05, 3.63) is 41.0 Å². The minimum absolute atomic E-state index is 0.0961. The molecule has 1 aromatic rings. The molecule has 0 bridgehead atoms. The fourth-order valence-electron chi connectivity index (χ4n) is 1.93. The zero-order valence-electron chi connectivity index (χ0n) is 11.8. The summed E-state index contributed by atoms with van der Waals surface area (Å²) in [5.41, 5.74) is 2.46. The largest absolute Gasteiger partial charge is 0.478 e. The van der Waals surface area contributed by atoms with Crippen molar-refractivity contribution in [2.75, 3.05) is 6.54 Å². The van der Waals surface area contributed by atoms with Crippen LogP contribution in [0.15, 0.2) is 24.3 Å². The van der Waals surface area contributed by atoms with E-state index in [2.05, 4.69) is 12.2 Å². The van der Waals surface area contributed by atoms with Crippen molar-refractivity contribution < 1.29 is 14.7 Å². The second-order valence-corrected chi connectivity index (χ2v) is 5.74. The van der Waals surface area contributed by atoms with E-state index in [0.29, 0.717) is 17.7 Å². The molecule has 1 aliphatic rings. The molecule has 0 spiro atoms. The Kier molecular flexibility index (Phi) is 3.93. The molecule has 1 saturated carbocycles. The Labute approximate surface area is 118 Å². The van der Waals surface area contributed by atoms with Gasteiger partial charge in [0.2, 0.25) is 0 Å². The molecule has 1 fully saturated rings. The lowest BCUT2D eigenvalue weighted by atomic mass is 10.0. The fourth-order valence-corrected chi connectivity index (χ4v) is 1.93. The first-order chi connectivity index (χ1) is 9.39. The number of carbonyl (C=O) groups excluding carboxylic acids is 1. The number of benzene rings is 1. The zero-order valence-corrected chi connectivity index (χ0v) is 11.8. The molecule has 0 radical (unpaired) electrons. The van der Waals surface area contributed by atoms with Crippen molar-refractivity contribution in [2.45, 2.75) is 26.7 Å². The molecule has 1 aliphatic carbocycles. The average Bonchev–Trinajstić information content (AvgIpc) is 3.13. The van der Waals surface area contributed by atoms with Gasteiger partial charge in [0.05, 0.1) is 0 Å². The van der Waals surface area contributed by atoms with Crippen LogP contribution in [0.5, 0.6) is 0 Å². The standard InChI is InChI=1S/C16H19NO3/c1-11-3-4-12(5-6-14(18)19)9-13(11)15(20)17-10-16(2)7-8-16/h3-6,9H,7-8,10H2,1-2H3,(H,17,20)(H,18,19)/b6-5+. The topological polar surface area (TPSA) is 66.4 Å². The number of carboxylic acids is 1. The normalized spacial score (nSPS) is 16.1. The Morgan fingerprint density at radius 3 is 2.70 bits per heavy atom. The molecule has 4 nitrogen and oxygen atoms in total. The third-order valence-electron chi connectivity index (χ3n) is 3.70. The minimum Gasteiger partial charge on any atom is -0.478 e. The van der Waals surface area contributed by atoms with Gasteiger partial charge in [-0.25, -0.2) is 4.79 Å². The van der Waals surface area contributed by atoms with Crippen LogP contribution in [0.1, 0.15) is 41.3 Å². The summed E-state index contributed by atoms with van der Waals surface area (Å²) in [4.78, 5) is 22.7. The van der Waals surface area contributed by atoms with Gasteiger partial charge < -0.3 is 10.4 Å². The Bertz CT molecular complexity index is 571. The van der Waals surface area contributed by atoms with Crippen molar-refractivity contribution >= 4 is 18.0 Å². The number of aryl methyl sites for hydroxylation is 1. The monoisotopic (exact) mass is 273 g/mol. The minimum atomic E-state index is -1.00. The lowest BCUT2D eigenvalue weighted by Crippen LogP contribution is -2.29. The SMILES string of the molecule is Cc1ccc(/C=C/C(=O)O)cc1C(=O)NCC1(C)CC1. The number of carbonyl (C=O) groups is 2. The van der Waals surface area contributed by atoms with Crippen molar-refractivity contribution in [1.29, 1.82) is 0 Å². The first-order valence-corrected chi connectivity index (χ1v) is 6.69. The summed E-state index contributed by atoms with van der Waals surface area (Å²) in [6.45, 7) is 4.73. The van der Waals surface area contributed by atoms with E-state index in [9.17, 15) is 9.59 Å². The Morgan fingerprint density at radius 2 is 2.10 bits per heavy atom. The second kappa shape index (κ2) is 5.49. The van der Waals surface area contributed by atoms with Crippen molar-refractivity contribution in [3.63, 3.8) is 0 Å². The maximum Gasteiger partial charge on any atom is 0.328 e. The highest BCUT2D eigenvalue weighted by molar-refractivity contribution is 5.96. The third kappa shape index (κ3) is 3.70. The molecule has 0 atom stereocenters. The Balaban J connectivity index is 2.10. The molecule has 2 rings (SSSR count). The fraction of sp³-hybridized carbons (Fsp3) is 0.375. The molecule has 2 N–H and O–H groups in total. The molecule has 0 unspecified atom stereocenters. The van der Waals surface area contributed by atoms with Gasteiger partial charge in [-0.05, 0) is 48.4 Å². The van der Waals surface area contributed by atoms with Gasteiger partial charge in [-0.3, -0.25) is 4.79 Å². The number of hydrogen-bond donors (Lipinski definition) is 2. The maximum absolute atomic E-state index is 12.2. The summed E-state index contributed by atoms with van der Waals surface area (Å²) >= 11 is 0. The highest BCUT2D eigenvalue weighted by Gasteiger charge is 2.37. The highest BCUT2D eigenvalue weighted by atomic mass is 16.4.